The smallest absolute Gasteiger partial charge is 0.272 e. The lowest BCUT2D eigenvalue weighted by atomic mass is 9.80. The van der Waals surface area contributed by atoms with Gasteiger partial charge >= 0.3 is 0 Å². The summed E-state index contributed by atoms with van der Waals surface area (Å²) in [6, 6.07) is 2.76. The molecular weight excluding hydrogens is 283 g/mol. The summed E-state index contributed by atoms with van der Waals surface area (Å²) in [6.07, 6.45) is 2.34. The van der Waals surface area contributed by atoms with Crippen molar-refractivity contribution in [2.75, 3.05) is 32.0 Å². The summed E-state index contributed by atoms with van der Waals surface area (Å²) in [5, 5.41) is 11.4. The fraction of sp³-hybridized carbons (Fsp3) is 0.500. The van der Waals surface area contributed by atoms with Crippen LogP contribution >= 0.6 is 0 Å². The minimum atomic E-state index is -0.395. The van der Waals surface area contributed by atoms with Crippen LogP contribution in [0.4, 0.5) is 10.1 Å². The molecule has 0 aliphatic carbocycles. The van der Waals surface area contributed by atoms with E-state index in [0.717, 1.165) is 37.1 Å². The van der Waals surface area contributed by atoms with Crippen LogP contribution in [-0.2, 0) is 0 Å². The molecule has 0 radical (unpaired) electrons. The van der Waals surface area contributed by atoms with Crippen LogP contribution in [0.3, 0.4) is 0 Å². The molecule has 2 aromatic rings. The Kier molecular flexibility index (Phi) is 3.14. The van der Waals surface area contributed by atoms with Gasteiger partial charge in [0, 0.05) is 30.1 Å². The molecule has 6 heteroatoms. The Morgan fingerprint density at radius 1 is 1.41 bits per heavy atom. The third kappa shape index (κ3) is 2.09. The number of piperidine rings is 1. The maximum Gasteiger partial charge on any atom is 0.272 e. The molecule has 22 heavy (non-hydrogen) atoms. The molecule has 0 amide bonds. The highest BCUT2D eigenvalue weighted by molar-refractivity contribution is 5.96. The molecule has 2 atom stereocenters. The zero-order valence-corrected chi connectivity index (χ0v) is 12.5. The van der Waals surface area contributed by atoms with Crippen LogP contribution in [0.5, 0.6) is 0 Å². The molecule has 0 bridgehead atoms. The lowest BCUT2D eigenvalue weighted by Gasteiger charge is -2.37. The number of nitrogens with one attached hydrogen (secondary N) is 2. The summed E-state index contributed by atoms with van der Waals surface area (Å²) < 4.78 is 13.7. The summed E-state index contributed by atoms with van der Waals surface area (Å²) in [7, 11) is 2.14. The van der Waals surface area contributed by atoms with E-state index in [9.17, 15) is 9.18 Å². The van der Waals surface area contributed by atoms with Crippen LogP contribution in [0.25, 0.3) is 10.8 Å². The van der Waals surface area contributed by atoms with E-state index < -0.39 is 5.82 Å². The molecule has 0 spiro atoms. The van der Waals surface area contributed by atoms with Crippen molar-refractivity contribution in [2.24, 2.45) is 5.92 Å². The number of H-pyrrole nitrogens is 1. The molecule has 3 heterocycles. The Balaban J connectivity index is 1.86. The highest BCUT2D eigenvalue weighted by Gasteiger charge is 2.33. The number of benzene rings is 1. The number of hydrogen-bond donors (Lipinski definition) is 2. The van der Waals surface area contributed by atoms with Crippen LogP contribution in [-0.4, -0.2) is 41.8 Å². The van der Waals surface area contributed by atoms with Gasteiger partial charge in [-0.3, -0.25) is 4.79 Å². The Labute approximate surface area is 127 Å². The van der Waals surface area contributed by atoms with Crippen LogP contribution in [0, 0.1) is 11.7 Å². The second-order valence-electron chi connectivity index (χ2n) is 6.47. The van der Waals surface area contributed by atoms with E-state index in [1.54, 1.807) is 0 Å². The molecule has 2 unspecified atom stereocenters. The van der Waals surface area contributed by atoms with E-state index in [4.69, 9.17) is 0 Å². The van der Waals surface area contributed by atoms with Crippen molar-refractivity contribution in [1.82, 2.24) is 15.1 Å². The van der Waals surface area contributed by atoms with Gasteiger partial charge in [-0.05, 0) is 44.5 Å². The third-order valence-corrected chi connectivity index (χ3v) is 4.98. The molecule has 2 aliphatic heterocycles. The van der Waals surface area contributed by atoms with Gasteiger partial charge in [-0.1, -0.05) is 0 Å². The number of anilines is 1. The highest BCUT2D eigenvalue weighted by atomic mass is 19.1. The molecule has 1 fully saturated rings. The average molecular weight is 302 g/mol. The summed E-state index contributed by atoms with van der Waals surface area (Å²) in [5.74, 6) is 0.361. The highest BCUT2D eigenvalue weighted by Crippen LogP contribution is 2.39. The van der Waals surface area contributed by atoms with E-state index >= 15 is 0 Å². The fourth-order valence-electron chi connectivity index (χ4n) is 3.94. The number of hydrogen-bond acceptors (Lipinski definition) is 4. The van der Waals surface area contributed by atoms with E-state index in [1.807, 2.05) is 0 Å². The van der Waals surface area contributed by atoms with Gasteiger partial charge in [-0.25, -0.2) is 9.49 Å². The van der Waals surface area contributed by atoms with Crippen molar-refractivity contribution in [3.05, 3.63) is 34.0 Å². The van der Waals surface area contributed by atoms with Crippen molar-refractivity contribution in [3.8, 4) is 0 Å². The lowest BCUT2D eigenvalue weighted by Crippen LogP contribution is -2.38. The predicted molar refractivity (Wildman–Crippen MR) is 83.8 cm³/mol. The standard InChI is InChI=1S/C16H19FN4O/c1-21-4-2-3-9(8-21)12-7-18-13-6-10(17)5-11-14(13)15(12)19-20-16(11)22/h5-6,9,12,18H,2-4,7-8H2,1H3,(H,20,22). The molecule has 1 saturated heterocycles. The second kappa shape index (κ2) is 5.05. The summed E-state index contributed by atoms with van der Waals surface area (Å²) in [5.41, 5.74) is 1.26. The first kappa shape index (κ1) is 13.7. The van der Waals surface area contributed by atoms with Gasteiger partial charge in [0.25, 0.3) is 5.56 Å². The van der Waals surface area contributed by atoms with Crippen LogP contribution in [0.1, 0.15) is 24.5 Å². The Bertz CT molecular complexity index is 788. The SMILES string of the molecule is CN1CCCC(C2CNc3cc(F)cc4c(=O)[nH]nc2c34)C1. The number of likely N-dealkylation sites (tertiary alicyclic amines) is 1. The van der Waals surface area contributed by atoms with Crippen LogP contribution in [0.2, 0.25) is 0 Å². The van der Waals surface area contributed by atoms with Crippen molar-refractivity contribution in [1.29, 1.82) is 0 Å². The number of nitrogens with zero attached hydrogens (tertiary/aromatic N) is 2. The molecule has 5 nitrogen and oxygen atoms in total. The number of aromatic amines is 1. The maximum atomic E-state index is 13.7. The normalized spacial score (nSPS) is 25.2. The lowest BCUT2D eigenvalue weighted by molar-refractivity contribution is 0.188. The van der Waals surface area contributed by atoms with E-state index in [-0.39, 0.29) is 11.5 Å². The van der Waals surface area contributed by atoms with Crippen molar-refractivity contribution >= 4 is 16.5 Å². The van der Waals surface area contributed by atoms with Gasteiger partial charge in [-0.2, -0.15) is 5.10 Å². The maximum absolute atomic E-state index is 13.7. The number of rotatable bonds is 1. The van der Waals surface area contributed by atoms with Gasteiger partial charge in [0.1, 0.15) is 5.82 Å². The average Bonchev–Trinajstić information content (AvgIpc) is 2.50. The molecule has 116 valence electrons. The minimum Gasteiger partial charge on any atom is -0.384 e. The third-order valence-electron chi connectivity index (χ3n) is 4.98. The van der Waals surface area contributed by atoms with E-state index in [2.05, 4.69) is 27.5 Å². The van der Waals surface area contributed by atoms with Crippen molar-refractivity contribution in [3.63, 3.8) is 0 Å². The van der Waals surface area contributed by atoms with Gasteiger partial charge in [-0.15, -0.1) is 0 Å². The fourth-order valence-corrected chi connectivity index (χ4v) is 3.94. The van der Waals surface area contributed by atoms with Gasteiger partial charge < -0.3 is 10.2 Å². The summed E-state index contributed by atoms with van der Waals surface area (Å²) in [6.45, 7) is 2.90. The van der Waals surface area contributed by atoms with E-state index in [1.165, 1.54) is 18.6 Å². The van der Waals surface area contributed by atoms with Crippen molar-refractivity contribution in [2.45, 2.75) is 18.8 Å². The Morgan fingerprint density at radius 3 is 3.09 bits per heavy atom. The molecule has 0 saturated carbocycles. The van der Waals surface area contributed by atoms with Crippen molar-refractivity contribution < 1.29 is 4.39 Å². The van der Waals surface area contributed by atoms with Crippen LogP contribution in [0.15, 0.2) is 16.9 Å². The summed E-state index contributed by atoms with van der Waals surface area (Å²) >= 11 is 0. The first-order chi connectivity index (χ1) is 10.6. The zero-order chi connectivity index (χ0) is 15.3. The topological polar surface area (TPSA) is 61.0 Å². The molecule has 2 N–H and O–H groups in total. The Hall–Kier alpha value is -1.95. The molecule has 4 rings (SSSR count). The first-order valence-corrected chi connectivity index (χ1v) is 7.77. The zero-order valence-electron chi connectivity index (χ0n) is 12.5. The minimum absolute atomic E-state index is 0.250. The predicted octanol–water partition coefficient (Wildman–Crippen LogP) is 1.91. The summed E-state index contributed by atoms with van der Waals surface area (Å²) in [4.78, 5) is 14.3. The molecule has 2 aliphatic rings. The van der Waals surface area contributed by atoms with Crippen LogP contribution < -0.4 is 10.9 Å². The quantitative estimate of drug-likeness (QED) is 0.845. The van der Waals surface area contributed by atoms with Gasteiger partial charge in [0.2, 0.25) is 0 Å². The largest absolute Gasteiger partial charge is 0.384 e. The second-order valence-corrected chi connectivity index (χ2v) is 6.47. The molecule has 1 aromatic carbocycles. The number of halogens is 1. The van der Waals surface area contributed by atoms with E-state index in [0.29, 0.717) is 17.0 Å². The Morgan fingerprint density at radius 2 is 2.27 bits per heavy atom. The monoisotopic (exact) mass is 302 g/mol. The molecular formula is C16H19FN4O. The van der Waals surface area contributed by atoms with Gasteiger partial charge in [0.15, 0.2) is 0 Å². The first-order valence-electron chi connectivity index (χ1n) is 7.77. The number of aromatic nitrogens is 2. The van der Waals surface area contributed by atoms with Gasteiger partial charge in [0.05, 0.1) is 11.1 Å². The molecule has 1 aromatic heterocycles.